The van der Waals surface area contributed by atoms with Crippen molar-refractivity contribution in [2.24, 2.45) is 4.99 Å². The monoisotopic (exact) mass is 705 g/mol. The number of likely N-dealkylation sites (N-methyl/N-ethyl adjacent to an activating group) is 1. The third kappa shape index (κ3) is 7.52. The molecule has 51 heavy (non-hydrogen) atoms. The molecule has 15 heteroatoms. The smallest absolute Gasteiger partial charge is 0.334 e. The number of aliphatic carboxylic acids is 1. The van der Waals surface area contributed by atoms with E-state index in [2.05, 4.69) is 17.2 Å². The molecule has 6 rings (SSSR count). The van der Waals surface area contributed by atoms with Crippen molar-refractivity contribution in [2.75, 3.05) is 13.7 Å². The van der Waals surface area contributed by atoms with E-state index in [-0.39, 0.29) is 39.5 Å². The zero-order valence-corrected chi connectivity index (χ0v) is 27.9. The van der Waals surface area contributed by atoms with Gasteiger partial charge in [0.1, 0.15) is 48.3 Å². The first kappa shape index (κ1) is 35.8. The Labute approximate surface area is 292 Å². The predicted octanol–water partition coefficient (Wildman–Crippen LogP) is 2.62. The van der Waals surface area contributed by atoms with Gasteiger partial charge in [-0.3, -0.25) is 25.0 Å². The minimum atomic E-state index is -1.66. The van der Waals surface area contributed by atoms with Gasteiger partial charge in [-0.1, -0.05) is 38.3 Å². The zero-order valence-electron chi connectivity index (χ0n) is 27.9. The van der Waals surface area contributed by atoms with Crippen molar-refractivity contribution in [3.63, 3.8) is 0 Å². The topological polar surface area (TPSA) is 210 Å². The van der Waals surface area contributed by atoms with Crippen LogP contribution in [0, 0.1) is 0 Å². The molecule has 1 aromatic heterocycles. The van der Waals surface area contributed by atoms with Crippen molar-refractivity contribution in [2.45, 2.75) is 75.4 Å². The molecule has 0 bridgehead atoms. The van der Waals surface area contributed by atoms with E-state index in [4.69, 9.17) is 23.5 Å². The second-order valence-corrected chi connectivity index (χ2v) is 12.4. The molecule has 0 spiro atoms. The number of hydroxylamine groups is 2. The average molecular weight is 706 g/mol. The van der Waals surface area contributed by atoms with E-state index in [1.165, 1.54) is 43.6 Å². The van der Waals surface area contributed by atoms with Crippen LogP contribution in [-0.4, -0.2) is 99.6 Å². The molecule has 1 fully saturated rings. The summed E-state index contributed by atoms with van der Waals surface area (Å²) in [4.78, 5) is 48.0. The molecule has 3 aliphatic heterocycles. The first-order valence-corrected chi connectivity index (χ1v) is 16.6. The molecule has 0 radical (unpaired) electrons. The van der Waals surface area contributed by atoms with Crippen LogP contribution in [0.1, 0.15) is 32.6 Å². The van der Waals surface area contributed by atoms with Gasteiger partial charge in [-0.15, -0.1) is 0 Å². The second kappa shape index (κ2) is 15.4. The maximum atomic E-state index is 13.4. The van der Waals surface area contributed by atoms with Crippen molar-refractivity contribution < 1.29 is 53.5 Å². The molecule has 5 N–H and O–H groups in total. The van der Waals surface area contributed by atoms with Gasteiger partial charge in [0.25, 0.3) is 0 Å². The molecule has 0 amide bonds. The quantitative estimate of drug-likeness (QED) is 0.0928. The summed E-state index contributed by atoms with van der Waals surface area (Å²) in [6.45, 7) is 1.48. The summed E-state index contributed by atoms with van der Waals surface area (Å²) in [6, 6.07) is 8.66. The number of carbonyl (C=O) groups excluding carboxylic acids is 1. The summed E-state index contributed by atoms with van der Waals surface area (Å²) >= 11 is 0. The second-order valence-electron chi connectivity index (χ2n) is 12.4. The molecule has 0 saturated carbocycles. The van der Waals surface area contributed by atoms with E-state index in [0.717, 1.165) is 30.5 Å². The molecule has 2 aromatic carbocycles. The van der Waals surface area contributed by atoms with Gasteiger partial charge >= 0.3 is 11.9 Å². The van der Waals surface area contributed by atoms with Gasteiger partial charge < -0.3 is 39.1 Å². The number of carbonyl (C=O) groups is 2. The Bertz CT molecular complexity index is 1910. The zero-order chi connectivity index (χ0) is 36.2. The third-order valence-electron chi connectivity index (χ3n) is 8.96. The van der Waals surface area contributed by atoms with Crippen molar-refractivity contribution in [3.05, 3.63) is 83.0 Å². The van der Waals surface area contributed by atoms with E-state index in [1.807, 2.05) is 6.08 Å². The van der Waals surface area contributed by atoms with Gasteiger partial charge in [0.2, 0.25) is 12.3 Å². The van der Waals surface area contributed by atoms with Crippen LogP contribution < -0.4 is 15.5 Å². The molecule has 3 aliphatic rings. The summed E-state index contributed by atoms with van der Waals surface area (Å²) in [6.07, 6.45) is 2.83. The number of aromatic hydroxyl groups is 1. The lowest BCUT2D eigenvalue weighted by Crippen LogP contribution is -2.62. The Morgan fingerprint density at radius 3 is 2.61 bits per heavy atom. The van der Waals surface area contributed by atoms with Crippen LogP contribution in [0.4, 0.5) is 0 Å². The van der Waals surface area contributed by atoms with Crippen LogP contribution in [0.2, 0.25) is 0 Å². The number of phenols is 1. The number of hydrogen-bond acceptors (Lipinski definition) is 14. The summed E-state index contributed by atoms with van der Waals surface area (Å²) < 4.78 is 23.2. The number of fused-ring (bicyclic) bond motifs is 2. The molecular weight excluding hydrogens is 666 g/mol. The van der Waals surface area contributed by atoms with Crippen LogP contribution in [0.5, 0.6) is 11.5 Å². The Kier molecular flexibility index (Phi) is 10.8. The van der Waals surface area contributed by atoms with Gasteiger partial charge in [-0.25, -0.2) is 9.59 Å². The number of phenolic OH excluding ortho intramolecular Hbond substituents is 1. The number of esters is 1. The lowest BCUT2D eigenvalue weighted by molar-refractivity contribution is -0.330. The Morgan fingerprint density at radius 2 is 1.88 bits per heavy atom. The van der Waals surface area contributed by atoms with E-state index in [1.54, 1.807) is 29.6 Å². The van der Waals surface area contributed by atoms with Crippen LogP contribution >= 0.6 is 0 Å². The highest BCUT2D eigenvalue weighted by Gasteiger charge is 2.50. The van der Waals surface area contributed by atoms with Crippen LogP contribution in [0.15, 0.2) is 87.0 Å². The molecule has 0 aliphatic carbocycles. The Balaban J connectivity index is 1.27. The van der Waals surface area contributed by atoms with Gasteiger partial charge in [0, 0.05) is 24.0 Å². The first-order valence-electron chi connectivity index (χ1n) is 16.6. The van der Waals surface area contributed by atoms with Crippen molar-refractivity contribution in [3.8, 4) is 22.6 Å². The molecule has 4 heterocycles. The van der Waals surface area contributed by atoms with Gasteiger partial charge in [-0.05, 0) is 49.4 Å². The fourth-order valence-electron chi connectivity index (χ4n) is 6.19. The number of unbranched alkanes of at least 4 members (excludes halogenated alkanes) is 2. The van der Waals surface area contributed by atoms with E-state index in [0.29, 0.717) is 12.0 Å². The summed E-state index contributed by atoms with van der Waals surface area (Å²) in [5.74, 6) is -2.37. The van der Waals surface area contributed by atoms with E-state index >= 15 is 0 Å². The summed E-state index contributed by atoms with van der Waals surface area (Å²) in [7, 11) is 1.28. The highest BCUT2D eigenvalue weighted by Crippen LogP contribution is 2.34. The number of hydrogen-bond donors (Lipinski definition) is 5. The number of allylic oxidation sites excluding steroid dienone is 1. The van der Waals surface area contributed by atoms with Gasteiger partial charge in [0.15, 0.2) is 11.5 Å². The van der Waals surface area contributed by atoms with Crippen LogP contribution in [-0.2, 0) is 23.9 Å². The number of aliphatic hydroxyl groups is 2. The maximum absolute atomic E-state index is 13.4. The highest BCUT2D eigenvalue weighted by atomic mass is 16.8. The molecule has 15 nitrogen and oxygen atoms in total. The van der Waals surface area contributed by atoms with Crippen LogP contribution in [0.3, 0.4) is 0 Å². The lowest BCUT2D eigenvalue weighted by Gasteiger charge is -2.43. The van der Waals surface area contributed by atoms with E-state index < -0.39 is 55.3 Å². The SMILES string of the molecule is CCCCCC1C2=NC=CC2=CN1OC1C(Oc2ccc3c(=O)c(-c4ccc(O)cc4)coc3c2)OC(COC(=O)C(NC)C(=O)O)C(O)C1O. The number of rotatable bonds is 14. The summed E-state index contributed by atoms with van der Waals surface area (Å²) in [5.41, 5.74) is 2.37. The minimum Gasteiger partial charge on any atom is -0.508 e. The molecular formula is C36H39N3O12. The molecule has 270 valence electrons. The first-order chi connectivity index (χ1) is 24.6. The number of aliphatic hydroxyl groups excluding tert-OH is 2. The third-order valence-corrected chi connectivity index (χ3v) is 8.96. The predicted molar refractivity (Wildman–Crippen MR) is 182 cm³/mol. The lowest BCUT2D eigenvalue weighted by atomic mass is 9.99. The molecule has 7 unspecified atom stereocenters. The van der Waals surface area contributed by atoms with Crippen molar-refractivity contribution in [1.29, 1.82) is 0 Å². The average Bonchev–Trinajstić information content (AvgIpc) is 3.70. The van der Waals surface area contributed by atoms with Crippen molar-refractivity contribution in [1.82, 2.24) is 10.4 Å². The summed E-state index contributed by atoms with van der Waals surface area (Å²) in [5, 5.41) is 45.7. The molecule has 3 aromatic rings. The number of carboxylic acid groups (broad SMARTS) is 1. The minimum absolute atomic E-state index is 0.0558. The molecule has 7 atom stereocenters. The highest BCUT2D eigenvalue weighted by molar-refractivity contribution is 6.10. The number of nitrogens with zero attached hydrogens (tertiary/aromatic N) is 2. The normalized spacial score (nSPS) is 24.6. The Morgan fingerprint density at radius 1 is 1.10 bits per heavy atom. The number of aliphatic imine (C=N–C) groups is 1. The van der Waals surface area contributed by atoms with Gasteiger partial charge in [0.05, 0.1) is 22.7 Å². The van der Waals surface area contributed by atoms with Crippen molar-refractivity contribution >= 4 is 28.6 Å². The number of ether oxygens (including phenoxy) is 3. The standard InChI is InChI=1S/C36H39N3O12/c1-3-4-5-6-25-28-20(13-14-38-28)16-39(25)51-33-32(43)31(42)27(18-48-35(46)29(37-2)34(44)45)50-36(33)49-22-11-12-23-26(15-22)47-17-24(30(23)41)19-7-9-21(40)10-8-19/h7-17,25,27,29,31-33,36-37,40,42-43H,3-6,18H2,1-2H3,(H,44,45). The fourth-order valence-corrected chi connectivity index (χ4v) is 6.19. The Hall–Kier alpha value is -5.06. The maximum Gasteiger partial charge on any atom is 0.334 e. The molecule has 1 saturated heterocycles. The van der Waals surface area contributed by atoms with Crippen LogP contribution in [0.25, 0.3) is 22.1 Å². The van der Waals surface area contributed by atoms with Gasteiger partial charge in [-0.2, -0.15) is 0 Å². The number of carboxylic acids is 1. The largest absolute Gasteiger partial charge is 0.508 e. The number of benzene rings is 2. The number of nitrogens with one attached hydrogen (secondary N) is 1. The van der Waals surface area contributed by atoms with E-state index in [9.17, 15) is 34.8 Å². The fraction of sp³-hybridized carbons (Fsp3) is 0.389.